The van der Waals surface area contributed by atoms with Gasteiger partial charge in [0.05, 0.1) is 18.3 Å². The summed E-state index contributed by atoms with van der Waals surface area (Å²) < 4.78 is 9.76. The molecule has 0 amide bonds. The van der Waals surface area contributed by atoms with E-state index in [-0.39, 0.29) is 12.0 Å². The molecule has 1 atom stereocenters. The second kappa shape index (κ2) is 5.24. The lowest BCUT2D eigenvalue weighted by Gasteiger charge is -2.03. The molecule has 0 fully saturated rings. The van der Waals surface area contributed by atoms with Crippen LogP contribution in [0, 0.1) is 0 Å². The van der Waals surface area contributed by atoms with Crippen LogP contribution in [0.2, 0.25) is 0 Å². The molecule has 0 aromatic heterocycles. The van der Waals surface area contributed by atoms with Gasteiger partial charge in [-0.1, -0.05) is 0 Å². The van der Waals surface area contributed by atoms with Crippen LogP contribution in [0.3, 0.4) is 0 Å². The standard InChI is InChI=1S/C8H13NO3S/c1-3-12-8(10)6-5-13-7(9-6)4-11-2/h6H,3-5H2,1-2H3. The Kier molecular flexibility index (Phi) is 4.24. The van der Waals surface area contributed by atoms with Crippen molar-refractivity contribution >= 4 is 22.8 Å². The summed E-state index contributed by atoms with van der Waals surface area (Å²) in [6, 6.07) is -0.324. The Morgan fingerprint density at radius 1 is 1.77 bits per heavy atom. The van der Waals surface area contributed by atoms with Crippen molar-refractivity contribution in [1.29, 1.82) is 0 Å². The zero-order chi connectivity index (χ0) is 9.68. The Balaban J connectivity index is 2.42. The highest BCUT2D eigenvalue weighted by atomic mass is 32.2. The lowest BCUT2D eigenvalue weighted by Crippen LogP contribution is -2.21. The molecule has 0 saturated carbocycles. The largest absolute Gasteiger partial charge is 0.464 e. The Morgan fingerprint density at radius 2 is 2.54 bits per heavy atom. The van der Waals surface area contributed by atoms with Gasteiger partial charge >= 0.3 is 5.97 Å². The molecule has 0 aromatic carbocycles. The fourth-order valence-corrected chi connectivity index (χ4v) is 1.95. The predicted molar refractivity (Wildman–Crippen MR) is 52.2 cm³/mol. The van der Waals surface area contributed by atoms with E-state index in [2.05, 4.69) is 4.99 Å². The first-order valence-electron chi connectivity index (χ1n) is 4.13. The molecule has 74 valence electrons. The first kappa shape index (κ1) is 10.5. The highest BCUT2D eigenvalue weighted by Gasteiger charge is 2.25. The van der Waals surface area contributed by atoms with E-state index in [1.807, 2.05) is 0 Å². The quantitative estimate of drug-likeness (QED) is 0.631. The zero-order valence-corrected chi connectivity index (χ0v) is 8.60. The van der Waals surface area contributed by atoms with E-state index >= 15 is 0 Å². The van der Waals surface area contributed by atoms with Gasteiger partial charge in [0.25, 0.3) is 0 Å². The van der Waals surface area contributed by atoms with E-state index in [0.29, 0.717) is 19.0 Å². The number of hydrogen-bond donors (Lipinski definition) is 0. The third-order valence-electron chi connectivity index (χ3n) is 1.53. The number of carbonyl (C=O) groups excluding carboxylic acids is 1. The normalized spacial score (nSPS) is 21.4. The van der Waals surface area contributed by atoms with Crippen molar-refractivity contribution in [2.24, 2.45) is 4.99 Å². The third kappa shape index (κ3) is 3.00. The molecule has 0 radical (unpaired) electrons. The maximum atomic E-state index is 11.2. The van der Waals surface area contributed by atoms with Crippen molar-refractivity contribution in [2.75, 3.05) is 26.1 Å². The van der Waals surface area contributed by atoms with Crippen molar-refractivity contribution in [1.82, 2.24) is 0 Å². The van der Waals surface area contributed by atoms with Crippen LogP contribution in [0.15, 0.2) is 4.99 Å². The summed E-state index contributed by atoms with van der Waals surface area (Å²) in [7, 11) is 1.61. The second-order valence-electron chi connectivity index (χ2n) is 2.53. The molecule has 0 bridgehead atoms. The Bertz CT molecular complexity index is 217. The van der Waals surface area contributed by atoms with Gasteiger partial charge in [0, 0.05) is 12.9 Å². The number of thioether (sulfide) groups is 1. The lowest BCUT2D eigenvalue weighted by atomic mass is 10.4. The number of aliphatic imine (C=N–C) groups is 1. The van der Waals surface area contributed by atoms with E-state index in [9.17, 15) is 4.79 Å². The highest BCUT2D eigenvalue weighted by Crippen LogP contribution is 2.18. The number of nitrogens with zero attached hydrogens (tertiary/aromatic N) is 1. The first-order chi connectivity index (χ1) is 6.27. The molecule has 1 rings (SSSR count). The summed E-state index contributed by atoms with van der Waals surface area (Å²) in [5.74, 6) is 0.443. The van der Waals surface area contributed by atoms with Gasteiger partial charge in [-0.05, 0) is 6.92 Å². The van der Waals surface area contributed by atoms with Crippen LogP contribution < -0.4 is 0 Å². The van der Waals surface area contributed by atoms with Gasteiger partial charge in [0.1, 0.15) is 0 Å². The minimum absolute atomic E-state index is 0.235. The fourth-order valence-electron chi connectivity index (χ4n) is 0.985. The first-order valence-corrected chi connectivity index (χ1v) is 5.11. The molecule has 1 heterocycles. The monoisotopic (exact) mass is 203 g/mol. The van der Waals surface area contributed by atoms with E-state index in [1.165, 1.54) is 0 Å². The molecule has 0 saturated heterocycles. The summed E-state index contributed by atoms with van der Waals surface area (Å²) in [5, 5.41) is 0.876. The summed E-state index contributed by atoms with van der Waals surface area (Å²) >= 11 is 1.55. The van der Waals surface area contributed by atoms with E-state index in [4.69, 9.17) is 9.47 Å². The molecule has 1 unspecified atom stereocenters. The van der Waals surface area contributed by atoms with Crippen molar-refractivity contribution in [2.45, 2.75) is 13.0 Å². The van der Waals surface area contributed by atoms with Crippen molar-refractivity contribution < 1.29 is 14.3 Å². The Hall–Kier alpha value is -0.550. The number of carbonyl (C=O) groups is 1. The number of ether oxygens (including phenoxy) is 2. The topological polar surface area (TPSA) is 47.9 Å². The van der Waals surface area contributed by atoms with Crippen LogP contribution in [0.5, 0.6) is 0 Å². The molecule has 1 aliphatic rings. The van der Waals surface area contributed by atoms with Crippen LogP contribution in [0.1, 0.15) is 6.92 Å². The summed E-state index contributed by atoms with van der Waals surface area (Å²) in [4.78, 5) is 15.4. The highest BCUT2D eigenvalue weighted by molar-refractivity contribution is 8.14. The number of rotatable bonds is 4. The van der Waals surface area contributed by atoms with Crippen molar-refractivity contribution in [3.05, 3.63) is 0 Å². The SMILES string of the molecule is CCOC(=O)C1CSC(COC)=N1. The average molecular weight is 203 g/mol. The smallest absolute Gasteiger partial charge is 0.331 e. The van der Waals surface area contributed by atoms with Gasteiger partial charge in [-0.3, -0.25) is 4.99 Å². The van der Waals surface area contributed by atoms with Gasteiger partial charge in [-0.25, -0.2) is 4.79 Å². The van der Waals surface area contributed by atoms with Crippen LogP contribution in [0.25, 0.3) is 0 Å². The van der Waals surface area contributed by atoms with Gasteiger partial charge < -0.3 is 9.47 Å². The lowest BCUT2D eigenvalue weighted by molar-refractivity contribution is -0.143. The maximum absolute atomic E-state index is 11.2. The van der Waals surface area contributed by atoms with Crippen LogP contribution in [-0.2, 0) is 14.3 Å². The molecule has 5 heteroatoms. The van der Waals surface area contributed by atoms with Gasteiger partial charge in [0.2, 0.25) is 0 Å². The predicted octanol–water partition coefficient (Wildman–Crippen LogP) is 0.710. The molecular weight excluding hydrogens is 190 g/mol. The van der Waals surface area contributed by atoms with Crippen LogP contribution in [-0.4, -0.2) is 43.1 Å². The van der Waals surface area contributed by atoms with E-state index in [0.717, 1.165) is 5.04 Å². The number of hydrogen-bond acceptors (Lipinski definition) is 5. The number of esters is 1. The molecular formula is C8H13NO3S. The zero-order valence-electron chi connectivity index (χ0n) is 7.78. The van der Waals surface area contributed by atoms with Gasteiger partial charge in [-0.2, -0.15) is 0 Å². The Morgan fingerprint density at radius 3 is 3.15 bits per heavy atom. The molecule has 1 aliphatic heterocycles. The molecule has 0 N–H and O–H groups in total. The van der Waals surface area contributed by atoms with Crippen molar-refractivity contribution in [3.8, 4) is 0 Å². The van der Waals surface area contributed by atoms with Crippen LogP contribution >= 0.6 is 11.8 Å². The second-order valence-corrected chi connectivity index (χ2v) is 3.63. The Labute approximate surface area is 81.7 Å². The maximum Gasteiger partial charge on any atom is 0.331 e. The summed E-state index contributed by atoms with van der Waals surface area (Å²) in [6.45, 7) is 2.69. The summed E-state index contributed by atoms with van der Waals surface area (Å²) in [6.07, 6.45) is 0. The molecule has 0 spiro atoms. The minimum Gasteiger partial charge on any atom is -0.464 e. The van der Waals surface area contributed by atoms with Gasteiger partial charge in [-0.15, -0.1) is 11.8 Å². The fraction of sp³-hybridized carbons (Fsp3) is 0.750. The van der Waals surface area contributed by atoms with E-state index in [1.54, 1.807) is 25.8 Å². The third-order valence-corrected chi connectivity index (χ3v) is 2.57. The number of methoxy groups -OCH3 is 1. The summed E-state index contributed by atoms with van der Waals surface area (Å²) in [5.41, 5.74) is 0. The van der Waals surface area contributed by atoms with Crippen LogP contribution in [0.4, 0.5) is 0 Å². The molecule has 13 heavy (non-hydrogen) atoms. The molecule has 4 nitrogen and oxygen atoms in total. The van der Waals surface area contributed by atoms with Gasteiger partial charge in [0.15, 0.2) is 6.04 Å². The molecule has 0 aliphatic carbocycles. The average Bonchev–Trinajstić information content (AvgIpc) is 2.54. The van der Waals surface area contributed by atoms with Crippen molar-refractivity contribution in [3.63, 3.8) is 0 Å². The molecule has 0 aromatic rings. The van der Waals surface area contributed by atoms with E-state index < -0.39 is 0 Å². The minimum atomic E-state index is -0.324.